The normalized spacial score (nSPS) is 17.9. The van der Waals surface area contributed by atoms with Crippen molar-refractivity contribution < 1.29 is 9.53 Å². The second-order valence-electron chi connectivity index (χ2n) is 4.28. The third-order valence-electron chi connectivity index (χ3n) is 2.75. The van der Waals surface area contributed by atoms with Crippen LogP contribution in [0.25, 0.3) is 0 Å². The summed E-state index contributed by atoms with van der Waals surface area (Å²) in [5.74, 6) is 0.811. The van der Waals surface area contributed by atoms with E-state index in [1.165, 1.54) is 0 Å². The summed E-state index contributed by atoms with van der Waals surface area (Å²) in [6.45, 7) is 9.96. The molecule has 1 aliphatic heterocycles. The first-order valence-corrected chi connectivity index (χ1v) is 7.35. The van der Waals surface area contributed by atoms with Crippen LogP contribution in [-0.2, 0) is 9.53 Å². The molecule has 0 aromatic rings. The van der Waals surface area contributed by atoms with Gasteiger partial charge in [0.25, 0.3) is 0 Å². The van der Waals surface area contributed by atoms with E-state index in [2.05, 4.69) is 13.2 Å². The van der Waals surface area contributed by atoms with Gasteiger partial charge in [-0.1, -0.05) is 25.3 Å². The van der Waals surface area contributed by atoms with Crippen molar-refractivity contribution in [2.45, 2.75) is 12.5 Å². The van der Waals surface area contributed by atoms with Crippen molar-refractivity contribution in [3.63, 3.8) is 0 Å². The first-order chi connectivity index (χ1) is 9.17. The summed E-state index contributed by atoms with van der Waals surface area (Å²) in [6, 6.07) is -0.145. The number of allylic oxidation sites excluding steroid dienone is 3. The number of hydrogen-bond acceptors (Lipinski definition) is 4. The molecule has 106 valence electrons. The van der Waals surface area contributed by atoms with Crippen LogP contribution in [0.5, 0.6) is 0 Å². The predicted molar refractivity (Wildman–Crippen MR) is 80.9 cm³/mol. The van der Waals surface area contributed by atoms with Gasteiger partial charge in [0.05, 0.1) is 13.2 Å². The number of ether oxygens (including phenoxy) is 1. The minimum absolute atomic E-state index is 0.115. The minimum Gasteiger partial charge on any atom is -0.378 e. The molecular weight excluding hydrogens is 260 g/mol. The second kappa shape index (κ2) is 8.96. The molecule has 0 aromatic carbocycles. The van der Waals surface area contributed by atoms with Crippen molar-refractivity contribution >= 4 is 17.7 Å². The molecule has 19 heavy (non-hydrogen) atoms. The molecule has 1 aliphatic rings. The lowest BCUT2D eigenvalue weighted by molar-refractivity contribution is -0.135. The van der Waals surface area contributed by atoms with Crippen LogP contribution in [0.2, 0.25) is 0 Å². The van der Waals surface area contributed by atoms with Crippen LogP contribution in [0, 0.1) is 0 Å². The highest BCUT2D eigenvalue weighted by Crippen LogP contribution is 2.18. The molecule has 1 heterocycles. The number of rotatable bonds is 7. The highest BCUT2D eigenvalue weighted by molar-refractivity contribution is 8.03. The van der Waals surface area contributed by atoms with E-state index in [1.807, 2.05) is 11.0 Å². The topological polar surface area (TPSA) is 55.6 Å². The maximum atomic E-state index is 12.0. The van der Waals surface area contributed by atoms with E-state index >= 15 is 0 Å². The lowest BCUT2D eigenvalue weighted by Gasteiger charge is -2.27. The summed E-state index contributed by atoms with van der Waals surface area (Å²) >= 11 is 1.59. The van der Waals surface area contributed by atoms with E-state index in [1.54, 1.807) is 23.9 Å². The molecule has 0 aliphatic carbocycles. The number of amides is 1. The van der Waals surface area contributed by atoms with Gasteiger partial charge in [-0.05, 0) is 6.08 Å². The Labute approximate surface area is 119 Å². The molecule has 1 amide bonds. The van der Waals surface area contributed by atoms with Crippen molar-refractivity contribution in [2.24, 2.45) is 5.73 Å². The van der Waals surface area contributed by atoms with Crippen LogP contribution in [0.3, 0.4) is 0 Å². The maximum absolute atomic E-state index is 12.0. The summed E-state index contributed by atoms with van der Waals surface area (Å²) in [5.41, 5.74) is 5.99. The van der Waals surface area contributed by atoms with Crippen LogP contribution in [0.15, 0.2) is 36.3 Å². The number of morpholine rings is 1. The Morgan fingerprint density at radius 1 is 1.42 bits per heavy atom. The van der Waals surface area contributed by atoms with E-state index < -0.39 is 0 Å². The fourth-order valence-corrected chi connectivity index (χ4v) is 2.55. The molecule has 0 saturated carbocycles. The van der Waals surface area contributed by atoms with Gasteiger partial charge in [0.15, 0.2) is 0 Å². The third kappa shape index (κ3) is 6.09. The molecule has 1 atom stereocenters. The molecule has 1 fully saturated rings. The Balaban J connectivity index is 2.31. The van der Waals surface area contributed by atoms with E-state index in [0.29, 0.717) is 38.5 Å². The molecular formula is C14H22N2O2S. The third-order valence-corrected chi connectivity index (χ3v) is 3.98. The predicted octanol–water partition coefficient (Wildman–Crippen LogP) is 1.55. The van der Waals surface area contributed by atoms with Crippen LogP contribution in [0.4, 0.5) is 0 Å². The highest BCUT2D eigenvalue weighted by atomic mass is 32.2. The number of nitrogens with two attached hydrogens (primary N) is 1. The summed E-state index contributed by atoms with van der Waals surface area (Å²) in [7, 11) is 0. The average Bonchev–Trinajstić information content (AvgIpc) is 2.44. The largest absolute Gasteiger partial charge is 0.378 e. The molecule has 1 rings (SSSR count). The van der Waals surface area contributed by atoms with Crippen molar-refractivity contribution in [1.82, 2.24) is 4.90 Å². The first-order valence-electron chi connectivity index (χ1n) is 6.36. The Kier molecular flexibility index (Phi) is 7.55. The fraction of sp³-hybridized carbons (Fsp3) is 0.500. The molecule has 0 spiro atoms. The van der Waals surface area contributed by atoms with Crippen LogP contribution >= 0.6 is 11.8 Å². The zero-order valence-corrected chi connectivity index (χ0v) is 12.0. The van der Waals surface area contributed by atoms with Crippen molar-refractivity contribution in [3.05, 3.63) is 36.3 Å². The maximum Gasteiger partial charge on any atom is 0.224 e. The van der Waals surface area contributed by atoms with Gasteiger partial charge in [0, 0.05) is 36.2 Å². The van der Waals surface area contributed by atoms with Gasteiger partial charge in [0.1, 0.15) is 0 Å². The smallest absolute Gasteiger partial charge is 0.224 e. The molecule has 0 bridgehead atoms. The summed E-state index contributed by atoms with van der Waals surface area (Å²) in [6.07, 6.45) is 5.75. The van der Waals surface area contributed by atoms with Crippen molar-refractivity contribution in [2.75, 3.05) is 32.1 Å². The summed E-state index contributed by atoms with van der Waals surface area (Å²) in [4.78, 5) is 14.8. The van der Waals surface area contributed by atoms with Crippen LogP contribution in [0.1, 0.15) is 6.42 Å². The number of hydrogen-bond donors (Lipinski definition) is 1. The van der Waals surface area contributed by atoms with E-state index in [9.17, 15) is 4.79 Å². The number of nitrogens with zero attached hydrogens (tertiary/aromatic N) is 1. The SMILES string of the molecule is C=C/C=C(\C=C)SCC(N)CC(=O)N1CCOCC1. The zero-order chi connectivity index (χ0) is 14.1. The molecule has 0 aromatic heterocycles. The van der Waals surface area contributed by atoms with Crippen LogP contribution < -0.4 is 5.73 Å². The van der Waals surface area contributed by atoms with Gasteiger partial charge in [-0.2, -0.15) is 0 Å². The first kappa shape index (κ1) is 16.0. The molecule has 0 radical (unpaired) electrons. The minimum atomic E-state index is -0.145. The van der Waals surface area contributed by atoms with E-state index in [-0.39, 0.29) is 11.9 Å². The van der Waals surface area contributed by atoms with Gasteiger partial charge in [-0.15, -0.1) is 11.8 Å². The molecule has 1 saturated heterocycles. The Morgan fingerprint density at radius 2 is 2.11 bits per heavy atom. The van der Waals surface area contributed by atoms with E-state index in [4.69, 9.17) is 10.5 Å². The standard InChI is InChI=1S/C14H22N2O2S/c1-3-5-13(4-2)19-11-12(15)10-14(17)16-6-8-18-9-7-16/h3-5,12H,1-2,6-11,15H2/b13-5+. The second-order valence-corrected chi connectivity index (χ2v) is 5.37. The van der Waals surface area contributed by atoms with Gasteiger partial charge in [-0.3, -0.25) is 4.79 Å². The number of carbonyl (C=O) groups is 1. The zero-order valence-electron chi connectivity index (χ0n) is 11.2. The van der Waals surface area contributed by atoms with Gasteiger partial charge in [0.2, 0.25) is 5.91 Å². The van der Waals surface area contributed by atoms with Crippen molar-refractivity contribution in [3.8, 4) is 0 Å². The lowest BCUT2D eigenvalue weighted by Crippen LogP contribution is -2.43. The van der Waals surface area contributed by atoms with Crippen molar-refractivity contribution in [1.29, 1.82) is 0 Å². The molecule has 1 unspecified atom stereocenters. The summed E-state index contributed by atoms with van der Waals surface area (Å²) in [5, 5.41) is 0. The number of carbonyl (C=O) groups excluding carboxylic acids is 1. The Bertz CT molecular complexity index is 349. The quantitative estimate of drug-likeness (QED) is 0.720. The van der Waals surface area contributed by atoms with Gasteiger partial charge >= 0.3 is 0 Å². The lowest BCUT2D eigenvalue weighted by atomic mass is 10.2. The van der Waals surface area contributed by atoms with Gasteiger partial charge < -0.3 is 15.4 Å². The Hall–Kier alpha value is -1.04. The Morgan fingerprint density at radius 3 is 2.68 bits per heavy atom. The molecule has 2 N–H and O–H groups in total. The van der Waals surface area contributed by atoms with Gasteiger partial charge in [-0.25, -0.2) is 0 Å². The number of thioether (sulfide) groups is 1. The highest BCUT2D eigenvalue weighted by Gasteiger charge is 2.19. The van der Waals surface area contributed by atoms with Crippen LogP contribution in [-0.4, -0.2) is 48.9 Å². The molecule has 4 nitrogen and oxygen atoms in total. The monoisotopic (exact) mass is 282 g/mol. The average molecular weight is 282 g/mol. The summed E-state index contributed by atoms with van der Waals surface area (Å²) < 4.78 is 5.22. The van der Waals surface area contributed by atoms with E-state index in [0.717, 1.165) is 4.91 Å². The fourth-order valence-electron chi connectivity index (χ4n) is 1.72. The molecule has 5 heteroatoms.